The van der Waals surface area contributed by atoms with Gasteiger partial charge in [-0.3, -0.25) is 10.00 Å². The van der Waals surface area contributed by atoms with Crippen molar-refractivity contribution in [3.8, 4) is 17.1 Å². The molecule has 8 nitrogen and oxygen atoms in total. The number of nitrogens with zero attached hydrogens (tertiary/aromatic N) is 5. The summed E-state index contributed by atoms with van der Waals surface area (Å²) in [5, 5.41) is 18.5. The van der Waals surface area contributed by atoms with E-state index in [0.717, 1.165) is 25.5 Å². The van der Waals surface area contributed by atoms with Crippen LogP contribution in [0, 0.1) is 11.6 Å². The van der Waals surface area contributed by atoms with E-state index < -0.39 is 35.6 Å². The van der Waals surface area contributed by atoms with Gasteiger partial charge in [0.15, 0.2) is 5.82 Å². The summed E-state index contributed by atoms with van der Waals surface area (Å²) in [6.45, 7) is 2.22. The Morgan fingerprint density at radius 2 is 1.98 bits per heavy atom. The number of β-amino-alcohol motifs (C(OH)–C–C–N with tert-alkyl or cyclic N) is 1. The second-order valence-electron chi connectivity index (χ2n) is 12.5. The first kappa shape index (κ1) is 30.2. The zero-order chi connectivity index (χ0) is 31.5. The first-order valence-electron chi connectivity index (χ1n) is 15.2. The van der Waals surface area contributed by atoms with Gasteiger partial charge in [0.05, 0.1) is 34.4 Å². The Balaban J connectivity index is 1.41. The third kappa shape index (κ3) is 5.11. The molecule has 3 atom stereocenters. The van der Waals surface area contributed by atoms with Crippen LogP contribution < -0.4 is 9.64 Å². The molecule has 238 valence electrons. The van der Waals surface area contributed by atoms with Crippen molar-refractivity contribution in [2.45, 2.75) is 56.3 Å². The Morgan fingerprint density at radius 3 is 2.78 bits per heavy atom. The number of anilines is 1. The molecular weight excluding hydrogens is 612 g/mol. The van der Waals surface area contributed by atoms with Crippen molar-refractivity contribution < 1.29 is 27.4 Å². The number of allylic oxidation sites excluding steroid dienone is 1. The average molecular weight is 645 g/mol. The molecule has 0 bridgehead atoms. The number of piperidine rings is 1. The van der Waals surface area contributed by atoms with Gasteiger partial charge in [-0.2, -0.15) is 15.1 Å². The van der Waals surface area contributed by atoms with Crippen molar-refractivity contribution in [3.63, 3.8) is 0 Å². The topological polar surface area (TPSA) is 90.4 Å². The van der Waals surface area contributed by atoms with Crippen molar-refractivity contribution >= 4 is 45.3 Å². The molecule has 3 aliphatic heterocycles. The van der Waals surface area contributed by atoms with Gasteiger partial charge in [-0.15, -0.1) is 0 Å². The summed E-state index contributed by atoms with van der Waals surface area (Å²) in [5.41, 5.74) is -1.60. The zero-order valence-electron chi connectivity index (χ0n) is 24.7. The van der Waals surface area contributed by atoms with Gasteiger partial charge in [-0.25, -0.2) is 17.6 Å². The van der Waals surface area contributed by atoms with Crippen molar-refractivity contribution in [2.75, 3.05) is 44.4 Å². The number of aromatic nitrogens is 4. The van der Waals surface area contributed by atoms with Gasteiger partial charge in [0.2, 0.25) is 0 Å². The highest BCUT2D eigenvalue weighted by atomic mass is 35.5. The molecule has 0 radical (unpaired) electrons. The number of rotatable bonds is 7. The van der Waals surface area contributed by atoms with Gasteiger partial charge < -0.3 is 14.7 Å². The van der Waals surface area contributed by atoms with Crippen LogP contribution in [0.4, 0.5) is 23.4 Å². The zero-order valence-corrected chi connectivity index (χ0v) is 25.5. The molecule has 4 aromatic rings. The highest BCUT2D eigenvalue weighted by molar-refractivity contribution is 6.34. The molecule has 2 N–H and O–H groups in total. The van der Waals surface area contributed by atoms with E-state index in [1.54, 1.807) is 30.0 Å². The second kappa shape index (κ2) is 11.4. The normalized spacial score (nSPS) is 25.7. The molecule has 2 aromatic heterocycles. The number of H-pyrrole nitrogens is 1. The number of aliphatic hydroxyl groups is 1. The number of fused-ring (bicyclic) bond motifs is 3. The SMILES string of the molecule is C/C=C\c1c(Cl)cc2[nH]ncc2c1-c1c(F)cc2c(N3CCC[C@](O)(CF)C3)nc(OC[C@@]34CCCN3C[C@H](F)C4)nc2c1F. The Morgan fingerprint density at radius 1 is 1.16 bits per heavy atom. The first-order valence-corrected chi connectivity index (χ1v) is 15.6. The Bertz CT molecular complexity index is 1820. The predicted molar refractivity (Wildman–Crippen MR) is 165 cm³/mol. The lowest BCUT2D eigenvalue weighted by atomic mass is 9.92. The summed E-state index contributed by atoms with van der Waals surface area (Å²) in [6, 6.07) is 2.63. The van der Waals surface area contributed by atoms with Crippen molar-refractivity contribution in [1.29, 1.82) is 0 Å². The van der Waals surface area contributed by atoms with Crippen LogP contribution in [0.5, 0.6) is 6.01 Å². The average Bonchev–Trinajstić information content (AvgIpc) is 3.71. The first-order chi connectivity index (χ1) is 21.6. The van der Waals surface area contributed by atoms with Crippen LogP contribution >= 0.6 is 11.6 Å². The number of aromatic amines is 1. The van der Waals surface area contributed by atoms with Crippen LogP contribution in [-0.4, -0.2) is 86.9 Å². The number of nitrogens with one attached hydrogen (secondary N) is 1. The van der Waals surface area contributed by atoms with E-state index in [0.29, 0.717) is 42.4 Å². The Kier molecular flexibility index (Phi) is 7.65. The van der Waals surface area contributed by atoms with Gasteiger partial charge in [-0.05, 0) is 51.3 Å². The predicted octanol–water partition coefficient (Wildman–Crippen LogP) is 6.39. The van der Waals surface area contributed by atoms with Crippen LogP contribution in [0.25, 0.3) is 39.0 Å². The quantitative estimate of drug-likeness (QED) is 0.225. The largest absolute Gasteiger partial charge is 0.461 e. The summed E-state index contributed by atoms with van der Waals surface area (Å²) < 4.78 is 67.6. The molecule has 0 unspecified atom stereocenters. The lowest BCUT2D eigenvalue weighted by molar-refractivity contribution is 0.00302. The van der Waals surface area contributed by atoms with Gasteiger partial charge in [0, 0.05) is 41.4 Å². The molecule has 7 rings (SSSR count). The molecule has 5 heterocycles. The van der Waals surface area contributed by atoms with Gasteiger partial charge in [0.25, 0.3) is 0 Å². The summed E-state index contributed by atoms with van der Waals surface area (Å²) in [6.07, 6.45) is 6.55. The molecule has 3 aliphatic rings. The fourth-order valence-electron chi connectivity index (χ4n) is 7.42. The number of benzene rings is 2. The number of ether oxygens (including phenoxy) is 1. The highest BCUT2D eigenvalue weighted by Gasteiger charge is 2.49. The smallest absolute Gasteiger partial charge is 0.319 e. The molecule has 0 aliphatic carbocycles. The van der Waals surface area contributed by atoms with E-state index in [9.17, 15) is 13.9 Å². The summed E-state index contributed by atoms with van der Waals surface area (Å²) in [4.78, 5) is 12.7. The Hall–Kier alpha value is -3.48. The molecule has 2 aromatic carbocycles. The standard InChI is InChI=1S/C32H33ClF4N6O2/c1-2-5-19-22(33)11-24-21(13-38-41-24)25(19)26-23(36)10-20-28(27(26)37)39-30(40-29(20)42-8-4-7-32(44,15-34)16-42)45-17-31-6-3-9-43(31)14-18(35)12-31/h2,5,10-11,13,18,44H,3-4,6-9,12,14-17H2,1H3,(H,38,41)/b5-2-/t18-,31+,32+/m1/s1. The van der Waals surface area contributed by atoms with Gasteiger partial charge >= 0.3 is 6.01 Å². The van der Waals surface area contributed by atoms with Crippen molar-refractivity contribution in [2.24, 2.45) is 0 Å². The van der Waals surface area contributed by atoms with E-state index in [2.05, 4.69) is 25.1 Å². The number of alkyl halides is 2. The van der Waals surface area contributed by atoms with E-state index in [1.165, 1.54) is 6.20 Å². The fourth-order valence-corrected chi connectivity index (χ4v) is 7.68. The maximum atomic E-state index is 16.9. The van der Waals surface area contributed by atoms with E-state index in [1.807, 2.05) is 0 Å². The third-order valence-corrected chi connectivity index (χ3v) is 9.81. The summed E-state index contributed by atoms with van der Waals surface area (Å²) in [7, 11) is 0. The third-order valence-electron chi connectivity index (χ3n) is 9.50. The van der Waals surface area contributed by atoms with E-state index in [-0.39, 0.29) is 58.5 Å². The minimum atomic E-state index is -1.63. The monoisotopic (exact) mass is 644 g/mol. The second-order valence-corrected chi connectivity index (χ2v) is 12.9. The van der Waals surface area contributed by atoms with Crippen LogP contribution in [0.2, 0.25) is 5.02 Å². The van der Waals surface area contributed by atoms with Crippen LogP contribution in [0.15, 0.2) is 24.4 Å². The molecule has 13 heteroatoms. The minimum absolute atomic E-state index is 0.0487. The highest BCUT2D eigenvalue weighted by Crippen LogP contribution is 2.44. The van der Waals surface area contributed by atoms with Crippen LogP contribution in [-0.2, 0) is 0 Å². The van der Waals surface area contributed by atoms with Gasteiger partial charge in [0.1, 0.15) is 42.2 Å². The minimum Gasteiger partial charge on any atom is -0.461 e. The molecule has 0 amide bonds. The molecule has 0 spiro atoms. The molecule has 45 heavy (non-hydrogen) atoms. The van der Waals surface area contributed by atoms with Crippen molar-refractivity contribution in [1.82, 2.24) is 25.1 Å². The van der Waals surface area contributed by atoms with Crippen molar-refractivity contribution in [3.05, 3.63) is 46.6 Å². The van der Waals surface area contributed by atoms with E-state index >= 15 is 8.78 Å². The maximum Gasteiger partial charge on any atom is 0.319 e. The lowest BCUT2D eigenvalue weighted by Crippen LogP contribution is -2.50. The van der Waals surface area contributed by atoms with Crippen LogP contribution in [0.3, 0.4) is 0 Å². The van der Waals surface area contributed by atoms with Crippen LogP contribution in [0.1, 0.15) is 44.6 Å². The number of hydrogen-bond donors (Lipinski definition) is 2. The number of hydrogen-bond acceptors (Lipinski definition) is 7. The molecule has 3 fully saturated rings. The lowest BCUT2D eigenvalue weighted by Gasteiger charge is -2.38. The fraction of sp³-hybridized carbons (Fsp3) is 0.469. The van der Waals surface area contributed by atoms with Gasteiger partial charge in [-0.1, -0.05) is 23.8 Å². The number of halogens is 5. The summed E-state index contributed by atoms with van der Waals surface area (Å²) >= 11 is 6.59. The van der Waals surface area contributed by atoms with E-state index in [4.69, 9.17) is 16.3 Å². The molecule has 0 saturated carbocycles. The molecule has 3 saturated heterocycles. The molecular formula is C32H33ClF4N6O2. The maximum absolute atomic E-state index is 16.9. The Labute approximate surface area is 262 Å². The summed E-state index contributed by atoms with van der Waals surface area (Å²) in [5.74, 6) is -1.72.